The quantitative estimate of drug-likeness (QED) is 0.349. The Hall–Kier alpha value is -2.37. The van der Waals surface area contributed by atoms with Crippen LogP contribution in [0.4, 0.5) is 5.82 Å². The van der Waals surface area contributed by atoms with E-state index in [1.165, 1.54) is 45.9 Å². The lowest BCUT2D eigenvalue weighted by molar-refractivity contribution is 0.415. The summed E-state index contributed by atoms with van der Waals surface area (Å²) in [6, 6.07) is 17.7. The number of hydrogen-bond donors (Lipinski definition) is 1. The van der Waals surface area contributed by atoms with Gasteiger partial charge in [-0.1, -0.05) is 6.07 Å². The van der Waals surface area contributed by atoms with Crippen molar-refractivity contribution < 1.29 is 4.74 Å². The number of aryl methyl sites for hydroxylation is 1. The summed E-state index contributed by atoms with van der Waals surface area (Å²) in [5.41, 5.74) is 2.25. The van der Waals surface area contributed by atoms with Crippen molar-refractivity contribution in [2.45, 2.75) is 38.6 Å². The largest absolute Gasteiger partial charge is 0.497 e. The summed E-state index contributed by atoms with van der Waals surface area (Å²) in [7, 11) is 1.70. The molecule has 0 radical (unpaired) electrons. The predicted molar refractivity (Wildman–Crippen MR) is 129 cm³/mol. The van der Waals surface area contributed by atoms with Crippen LogP contribution in [0.15, 0.2) is 53.9 Å². The number of anilines is 1. The van der Waals surface area contributed by atoms with Gasteiger partial charge in [0.25, 0.3) is 0 Å². The van der Waals surface area contributed by atoms with Crippen LogP contribution in [-0.4, -0.2) is 18.1 Å². The molecule has 0 unspecified atom stereocenters. The second kappa shape index (κ2) is 8.40. The van der Waals surface area contributed by atoms with Crippen LogP contribution in [0.5, 0.6) is 5.75 Å². The van der Waals surface area contributed by atoms with E-state index in [9.17, 15) is 0 Å². The van der Waals surface area contributed by atoms with E-state index in [-0.39, 0.29) is 0 Å². The van der Waals surface area contributed by atoms with E-state index >= 15 is 0 Å². The zero-order valence-electron chi connectivity index (χ0n) is 17.4. The van der Waals surface area contributed by atoms with E-state index in [1.807, 2.05) is 34.8 Å². The molecule has 154 valence electrons. The number of nitrogens with zero attached hydrogens (tertiary/aromatic N) is 1. The summed E-state index contributed by atoms with van der Waals surface area (Å²) < 4.78 is 5.36. The van der Waals surface area contributed by atoms with Crippen LogP contribution < -0.4 is 10.1 Å². The van der Waals surface area contributed by atoms with E-state index in [1.54, 1.807) is 7.11 Å². The van der Waals surface area contributed by atoms with Crippen LogP contribution in [0.25, 0.3) is 20.7 Å². The minimum Gasteiger partial charge on any atom is -0.497 e. The number of rotatable bonds is 6. The molecule has 3 aromatic heterocycles. The van der Waals surface area contributed by atoms with Crippen molar-refractivity contribution in [1.82, 2.24) is 4.98 Å². The Morgan fingerprint density at radius 3 is 2.87 bits per heavy atom. The predicted octanol–water partition coefficient (Wildman–Crippen LogP) is 7.17. The van der Waals surface area contributed by atoms with Gasteiger partial charge in [0.05, 0.1) is 12.6 Å². The number of nitrogens with one attached hydrogen (secondary N) is 1. The molecule has 5 rings (SSSR count). The fourth-order valence-electron chi connectivity index (χ4n) is 4.50. The van der Waals surface area contributed by atoms with Gasteiger partial charge in [-0.15, -0.1) is 22.7 Å². The maximum absolute atomic E-state index is 5.36. The lowest BCUT2D eigenvalue weighted by atomic mass is 10.0. The topological polar surface area (TPSA) is 34.1 Å². The number of benzene rings is 1. The van der Waals surface area contributed by atoms with Crippen molar-refractivity contribution in [2.24, 2.45) is 5.92 Å². The molecule has 1 aromatic carbocycles. The minimum absolute atomic E-state index is 0.509. The Balaban J connectivity index is 1.23. The van der Waals surface area contributed by atoms with E-state index in [4.69, 9.17) is 9.72 Å². The van der Waals surface area contributed by atoms with Crippen LogP contribution >= 0.6 is 22.7 Å². The van der Waals surface area contributed by atoms with Gasteiger partial charge < -0.3 is 10.1 Å². The molecule has 0 amide bonds. The first-order chi connectivity index (χ1) is 14.7. The molecule has 4 aromatic rings. The standard InChI is InChI=1S/C25H26N2OS2/c1-16-12-25(27-22-9-7-19(28-2)15-21(16)22)26-18-6-5-17(13-18)14-20-8-10-24(30-20)23-4-3-11-29-23/h3-4,7-12,15,17-18H,5-6,13-14H2,1-2H3,(H,26,27)/t17-,18-/m0/s1. The lowest BCUT2D eigenvalue weighted by Crippen LogP contribution is -2.17. The van der Waals surface area contributed by atoms with Crippen molar-refractivity contribution in [3.05, 3.63) is 64.4 Å². The van der Waals surface area contributed by atoms with E-state index < -0.39 is 0 Å². The molecule has 0 saturated heterocycles. The molecule has 1 fully saturated rings. The third-order valence-electron chi connectivity index (χ3n) is 6.03. The van der Waals surface area contributed by atoms with Crippen molar-refractivity contribution >= 4 is 39.4 Å². The van der Waals surface area contributed by atoms with Gasteiger partial charge in [-0.3, -0.25) is 0 Å². The molecule has 0 aliphatic heterocycles. The Bertz CT molecular complexity index is 1150. The summed E-state index contributed by atoms with van der Waals surface area (Å²) in [5.74, 6) is 2.62. The lowest BCUT2D eigenvalue weighted by Gasteiger charge is -2.15. The van der Waals surface area contributed by atoms with E-state index in [2.05, 4.69) is 54.0 Å². The van der Waals surface area contributed by atoms with E-state index in [0.29, 0.717) is 6.04 Å². The van der Waals surface area contributed by atoms with Crippen molar-refractivity contribution in [2.75, 3.05) is 12.4 Å². The van der Waals surface area contributed by atoms with Gasteiger partial charge in [0.15, 0.2) is 0 Å². The number of fused-ring (bicyclic) bond motifs is 1. The third-order valence-corrected chi connectivity index (χ3v) is 8.20. The number of hydrogen-bond acceptors (Lipinski definition) is 5. The average molecular weight is 435 g/mol. The third kappa shape index (κ3) is 4.09. The number of thiophene rings is 2. The number of aromatic nitrogens is 1. The molecule has 0 bridgehead atoms. The molecule has 3 heterocycles. The van der Waals surface area contributed by atoms with Gasteiger partial charge in [0, 0.05) is 26.1 Å². The summed E-state index contributed by atoms with van der Waals surface area (Å²) >= 11 is 3.78. The van der Waals surface area contributed by atoms with Gasteiger partial charge in [0.1, 0.15) is 11.6 Å². The van der Waals surface area contributed by atoms with Crippen molar-refractivity contribution in [1.29, 1.82) is 0 Å². The normalized spacial score (nSPS) is 18.7. The molecule has 1 aliphatic rings. The zero-order valence-corrected chi connectivity index (χ0v) is 19.0. The number of ether oxygens (including phenoxy) is 1. The van der Waals surface area contributed by atoms with Gasteiger partial charge in [-0.2, -0.15) is 0 Å². The minimum atomic E-state index is 0.509. The molecular weight excluding hydrogens is 408 g/mol. The summed E-state index contributed by atoms with van der Waals surface area (Å²) in [5, 5.41) is 7.02. The van der Waals surface area contributed by atoms with Gasteiger partial charge in [-0.05, 0) is 91.9 Å². The Kier molecular flexibility index (Phi) is 5.48. The van der Waals surface area contributed by atoms with Gasteiger partial charge in [-0.25, -0.2) is 4.98 Å². The number of methoxy groups -OCH3 is 1. The van der Waals surface area contributed by atoms with Crippen LogP contribution in [0.1, 0.15) is 29.7 Å². The first-order valence-electron chi connectivity index (χ1n) is 10.5. The monoisotopic (exact) mass is 434 g/mol. The van der Waals surface area contributed by atoms with Crippen molar-refractivity contribution in [3.63, 3.8) is 0 Å². The second-order valence-corrected chi connectivity index (χ2v) is 10.3. The van der Waals surface area contributed by atoms with Crippen molar-refractivity contribution in [3.8, 4) is 15.5 Å². The maximum Gasteiger partial charge on any atom is 0.127 e. The molecule has 0 spiro atoms. The summed E-state index contributed by atoms with van der Waals surface area (Å²) in [4.78, 5) is 9.15. The highest BCUT2D eigenvalue weighted by Crippen LogP contribution is 2.36. The zero-order chi connectivity index (χ0) is 20.5. The second-order valence-electron chi connectivity index (χ2n) is 8.18. The molecule has 1 N–H and O–H groups in total. The Morgan fingerprint density at radius 1 is 1.10 bits per heavy atom. The fourth-order valence-corrected chi connectivity index (χ4v) is 6.45. The maximum atomic E-state index is 5.36. The van der Waals surface area contributed by atoms with Crippen LogP contribution in [0.3, 0.4) is 0 Å². The smallest absolute Gasteiger partial charge is 0.127 e. The fraction of sp³-hybridized carbons (Fsp3) is 0.320. The molecule has 30 heavy (non-hydrogen) atoms. The molecular formula is C25H26N2OS2. The highest BCUT2D eigenvalue weighted by molar-refractivity contribution is 7.21. The molecule has 3 nitrogen and oxygen atoms in total. The first kappa shape index (κ1) is 19.6. The molecule has 2 atom stereocenters. The summed E-state index contributed by atoms with van der Waals surface area (Å²) in [6.07, 6.45) is 4.91. The van der Waals surface area contributed by atoms with Crippen LogP contribution in [0, 0.1) is 12.8 Å². The number of pyridine rings is 1. The average Bonchev–Trinajstić information content (AvgIpc) is 3.50. The molecule has 1 saturated carbocycles. The first-order valence-corrected chi connectivity index (χ1v) is 12.2. The Morgan fingerprint density at radius 2 is 2.03 bits per heavy atom. The van der Waals surface area contributed by atoms with Crippen LogP contribution in [0.2, 0.25) is 0 Å². The van der Waals surface area contributed by atoms with Crippen LogP contribution in [-0.2, 0) is 6.42 Å². The SMILES string of the molecule is COc1ccc2nc(N[C@H]3CC[C@H](Cc4ccc(-c5cccs5)s4)C3)cc(C)c2c1. The van der Waals surface area contributed by atoms with Gasteiger partial charge in [0.2, 0.25) is 0 Å². The Labute approximate surface area is 185 Å². The molecule has 5 heteroatoms. The summed E-state index contributed by atoms with van der Waals surface area (Å²) in [6.45, 7) is 2.15. The highest BCUT2D eigenvalue weighted by Gasteiger charge is 2.25. The van der Waals surface area contributed by atoms with E-state index in [0.717, 1.165) is 28.4 Å². The highest BCUT2D eigenvalue weighted by atomic mass is 32.1. The molecule has 1 aliphatic carbocycles. The van der Waals surface area contributed by atoms with Gasteiger partial charge >= 0.3 is 0 Å².